The molecule has 4 nitrogen and oxygen atoms in total. The second kappa shape index (κ2) is 5.71. The highest BCUT2D eigenvalue weighted by molar-refractivity contribution is 7.16. The molecule has 0 spiro atoms. The van der Waals surface area contributed by atoms with Crippen molar-refractivity contribution in [2.45, 2.75) is 26.2 Å². The van der Waals surface area contributed by atoms with Crippen LogP contribution < -0.4 is 0 Å². The first kappa shape index (κ1) is 13.2. The fourth-order valence-corrected chi connectivity index (χ4v) is 3.26. The maximum absolute atomic E-state index is 12.4. The van der Waals surface area contributed by atoms with E-state index in [2.05, 4.69) is 9.97 Å². The molecule has 2 aromatic heterocycles. The Labute approximate surface area is 122 Å². The number of aromatic nitrogens is 2. The van der Waals surface area contributed by atoms with E-state index in [4.69, 9.17) is 0 Å². The number of hydrogen-bond acceptors (Lipinski definition) is 4. The summed E-state index contributed by atoms with van der Waals surface area (Å²) >= 11 is 1.43. The molecule has 0 saturated carbocycles. The fourth-order valence-electron chi connectivity index (χ4n) is 2.41. The molecule has 3 heterocycles. The number of pyridine rings is 1. The fraction of sp³-hybridized carbons (Fsp3) is 0.400. The first-order valence-corrected chi connectivity index (χ1v) is 7.75. The van der Waals surface area contributed by atoms with Gasteiger partial charge in [-0.25, -0.2) is 4.98 Å². The van der Waals surface area contributed by atoms with Crippen LogP contribution in [0.2, 0.25) is 0 Å². The number of rotatable bonds is 2. The normalized spacial score (nSPS) is 15.3. The van der Waals surface area contributed by atoms with Gasteiger partial charge in [-0.1, -0.05) is 6.07 Å². The van der Waals surface area contributed by atoms with Gasteiger partial charge in [0.15, 0.2) is 0 Å². The standard InChI is InChI=1S/C15H17N3OS/c1-11-6-5-7-12(17-11)14-16-10-13(20-14)15(19)18-8-3-2-4-9-18/h5-7,10H,2-4,8-9H2,1H3. The number of nitrogens with zero attached hydrogens (tertiary/aromatic N) is 3. The van der Waals surface area contributed by atoms with E-state index in [1.54, 1.807) is 6.20 Å². The quantitative estimate of drug-likeness (QED) is 0.852. The lowest BCUT2D eigenvalue weighted by molar-refractivity contribution is 0.0729. The van der Waals surface area contributed by atoms with Crippen LogP contribution in [0.25, 0.3) is 10.7 Å². The van der Waals surface area contributed by atoms with Crippen molar-refractivity contribution in [3.63, 3.8) is 0 Å². The Morgan fingerprint density at radius 2 is 2.05 bits per heavy atom. The van der Waals surface area contributed by atoms with Crippen LogP contribution in [0, 0.1) is 6.92 Å². The molecule has 0 atom stereocenters. The third-order valence-electron chi connectivity index (χ3n) is 3.47. The second-order valence-corrected chi connectivity index (χ2v) is 6.08. The first-order valence-electron chi connectivity index (χ1n) is 6.93. The van der Waals surface area contributed by atoms with Crippen LogP contribution >= 0.6 is 11.3 Å². The molecule has 1 amide bonds. The minimum atomic E-state index is 0.112. The molecule has 2 aromatic rings. The number of carbonyl (C=O) groups is 1. The summed E-state index contributed by atoms with van der Waals surface area (Å²) in [6.07, 6.45) is 5.12. The van der Waals surface area contributed by atoms with Crippen LogP contribution in [0.4, 0.5) is 0 Å². The van der Waals surface area contributed by atoms with Gasteiger partial charge in [0.25, 0.3) is 5.91 Å². The van der Waals surface area contributed by atoms with E-state index in [1.165, 1.54) is 17.8 Å². The van der Waals surface area contributed by atoms with Gasteiger partial charge >= 0.3 is 0 Å². The zero-order valence-corrected chi connectivity index (χ0v) is 12.3. The highest BCUT2D eigenvalue weighted by Gasteiger charge is 2.20. The number of amides is 1. The number of piperidine rings is 1. The molecule has 0 N–H and O–H groups in total. The molecule has 3 rings (SSSR count). The smallest absolute Gasteiger partial charge is 0.265 e. The van der Waals surface area contributed by atoms with E-state index in [1.807, 2.05) is 30.0 Å². The largest absolute Gasteiger partial charge is 0.338 e. The van der Waals surface area contributed by atoms with Crippen molar-refractivity contribution >= 4 is 17.2 Å². The monoisotopic (exact) mass is 287 g/mol. The summed E-state index contributed by atoms with van der Waals surface area (Å²) in [5.41, 5.74) is 1.80. The highest BCUT2D eigenvalue weighted by Crippen LogP contribution is 2.25. The molecule has 0 unspecified atom stereocenters. The van der Waals surface area contributed by atoms with E-state index < -0.39 is 0 Å². The summed E-state index contributed by atoms with van der Waals surface area (Å²) in [4.78, 5) is 23.8. The maximum Gasteiger partial charge on any atom is 0.265 e. The lowest BCUT2D eigenvalue weighted by Crippen LogP contribution is -2.35. The molecule has 104 valence electrons. The third-order valence-corrected chi connectivity index (χ3v) is 4.48. The molecule has 0 radical (unpaired) electrons. The minimum absolute atomic E-state index is 0.112. The van der Waals surface area contributed by atoms with Crippen molar-refractivity contribution < 1.29 is 4.79 Å². The van der Waals surface area contributed by atoms with Crippen molar-refractivity contribution in [1.29, 1.82) is 0 Å². The molecule has 1 aliphatic heterocycles. The molecule has 0 aromatic carbocycles. The van der Waals surface area contributed by atoms with E-state index in [9.17, 15) is 4.79 Å². The number of likely N-dealkylation sites (tertiary alicyclic amines) is 1. The average Bonchev–Trinajstić information content (AvgIpc) is 2.97. The van der Waals surface area contributed by atoms with Gasteiger partial charge in [-0.15, -0.1) is 11.3 Å². The summed E-state index contributed by atoms with van der Waals surface area (Å²) in [7, 11) is 0. The van der Waals surface area contributed by atoms with E-state index in [0.717, 1.165) is 42.3 Å². The summed E-state index contributed by atoms with van der Waals surface area (Å²) in [5, 5.41) is 0.814. The van der Waals surface area contributed by atoms with Crippen molar-refractivity contribution in [3.05, 3.63) is 35.0 Å². The molecular formula is C15H17N3OS. The molecule has 0 bridgehead atoms. The molecular weight excluding hydrogens is 270 g/mol. The summed E-state index contributed by atoms with van der Waals surface area (Å²) in [6.45, 7) is 3.69. The van der Waals surface area contributed by atoms with Crippen LogP contribution in [-0.2, 0) is 0 Å². The lowest BCUT2D eigenvalue weighted by atomic mass is 10.1. The Hall–Kier alpha value is -1.75. The number of thiazole rings is 1. The highest BCUT2D eigenvalue weighted by atomic mass is 32.1. The van der Waals surface area contributed by atoms with Crippen LogP contribution in [0.3, 0.4) is 0 Å². The van der Waals surface area contributed by atoms with Gasteiger partial charge in [0.1, 0.15) is 9.88 Å². The van der Waals surface area contributed by atoms with Gasteiger partial charge in [0.2, 0.25) is 0 Å². The molecule has 0 aliphatic carbocycles. The maximum atomic E-state index is 12.4. The Bertz CT molecular complexity index is 617. The zero-order valence-electron chi connectivity index (χ0n) is 11.5. The van der Waals surface area contributed by atoms with E-state index in [0.29, 0.717) is 4.88 Å². The molecule has 5 heteroatoms. The van der Waals surface area contributed by atoms with Crippen molar-refractivity contribution in [2.24, 2.45) is 0 Å². The van der Waals surface area contributed by atoms with Gasteiger partial charge in [0, 0.05) is 18.8 Å². The van der Waals surface area contributed by atoms with E-state index in [-0.39, 0.29) is 5.91 Å². The van der Waals surface area contributed by atoms with Crippen LogP contribution in [0.5, 0.6) is 0 Å². The molecule has 1 fully saturated rings. The Morgan fingerprint density at radius 3 is 2.80 bits per heavy atom. The van der Waals surface area contributed by atoms with Crippen LogP contribution in [0.15, 0.2) is 24.4 Å². The first-order chi connectivity index (χ1) is 9.74. The Morgan fingerprint density at radius 1 is 1.25 bits per heavy atom. The van der Waals surface area contributed by atoms with Crippen molar-refractivity contribution in [2.75, 3.05) is 13.1 Å². The van der Waals surface area contributed by atoms with E-state index >= 15 is 0 Å². The minimum Gasteiger partial charge on any atom is -0.338 e. The summed E-state index contributed by atoms with van der Waals surface area (Å²) in [5.74, 6) is 0.112. The summed E-state index contributed by atoms with van der Waals surface area (Å²) < 4.78 is 0. The van der Waals surface area contributed by atoms with Gasteiger partial charge in [-0.05, 0) is 38.3 Å². The zero-order chi connectivity index (χ0) is 13.9. The predicted octanol–water partition coefficient (Wildman–Crippen LogP) is 3.14. The lowest BCUT2D eigenvalue weighted by Gasteiger charge is -2.25. The number of hydrogen-bond donors (Lipinski definition) is 0. The molecule has 1 saturated heterocycles. The predicted molar refractivity (Wildman–Crippen MR) is 79.8 cm³/mol. The van der Waals surface area contributed by atoms with Gasteiger partial charge < -0.3 is 4.90 Å². The number of carbonyl (C=O) groups excluding carboxylic acids is 1. The average molecular weight is 287 g/mol. The van der Waals surface area contributed by atoms with Crippen LogP contribution in [0.1, 0.15) is 34.6 Å². The summed E-state index contributed by atoms with van der Waals surface area (Å²) in [6, 6.07) is 5.85. The molecule has 20 heavy (non-hydrogen) atoms. The third kappa shape index (κ3) is 2.72. The second-order valence-electron chi connectivity index (χ2n) is 5.05. The number of aryl methyl sites for hydroxylation is 1. The SMILES string of the molecule is Cc1cccc(-c2ncc(C(=O)N3CCCCC3)s2)n1. The molecule has 1 aliphatic rings. The topological polar surface area (TPSA) is 46.1 Å². The van der Waals surface area contributed by atoms with Crippen molar-refractivity contribution in [1.82, 2.24) is 14.9 Å². The Kier molecular flexibility index (Phi) is 3.78. The van der Waals surface area contributed by atoms with Crippen LogP contribution in [-0.4, -0.2) is 33.9 Å². The van der Waals surface area contributed by atoms with Crippen molar-refractivity contribution in [3.8, 4) is 10.7 Å². The Balaban J connectivity index is 1.81. The van der Waals surface area contributed by atoms with Gasteiger partial charge in [0.05, 0.1) is 11.9 Å². The van der Waals surface area contributed by atoms with Gasteiger partial charge in [-0.3, -0.25) is 9.78 Å². The van der Waals surface area contributed by atoms with Gasteiger partial charge in [-0.2, -0.15) is 0 Å².